The molecule has 1 unspecified atom stereocenters. The number of hydrogen-bond acceptors (Lipinski definition) is 6. The predicted molar refractivity (Wildman–Crippen MR) is 71.0 cm³/mol. The number of aliphatic hydroxyl groups excluding tert-OH is 1. The van der Waals surface area contributed by atoms with Gasteiger partial charge in [-0.05, 0) is 6.42 Å². The maximum atomic E-state index is 9.08. The minimum Gasteiger partial charge on any atom is -0.391 e. The summed E-state index contributed by atoms with van der Waals surface area (Å²) in [6.45, 7) is 6.05. The first-order chi connectivity index (χ1) is 8.86. The third kappa shape index (κ3) is 2.51. The zero-order chi connectivity index (χ0) is 12.4. The first kappa shape index (κ1) is 12.3. The van der Waals surface area contributed by atoms with E-state index in [0.717, 1.165) is 49.4 Å². The third-order valence-electron chi connectivity index (χ3n) is 3.69. The van der Waals surface area contributed by atoms with Crippen LogP contribution in [0.1, 0.15) is 11.3 Å². The van der Waals surface area contributed by atoms with Gasteiger partial charge in [0, 0.05) is 38.4 Å². The number of aromatic nitrogens is 1. The first-order valence-electron chi connectivity index (χ1n) is 6.49. The Labute approximate surface area is 111 Å². The maximum Gasteiger partial charge on any atom is 0.185 e. The van der Waals surface area contributed by atoms with Crippen LogP contribution >= 0.6 is 11.3 Å². The van der Waals surface area contributed by atoms with Crippen LogP contribution in [0.15, 0.2) is 6.20 Å². The van der Waals surface area contributed by atoms with Gasteiger partial charge in [0.25, 0.3) is 0 Å². The van der Waals surface area contributed by atoms with Gasteiger partial charge in [0.15, 0.2) is 5.13 Å². The molecule has 2 aliphatic heterocycles. The zero-order valence-electron chi connectivity index (χ0n) is 10.4. The average molecular weight is 269 g/mol. The largest absolute Gasteiger partial charge is 0.391 e. The fourth-order valence-corrected chi connectivity index (χ4v) is 3.48. The number of morpholine rings is 1. The molecular formula is C12H19N3O2S. The Morgan fingerprint density at radius 2 is 2.22 bits per heavy atom. The molecule has 6 heteroatoms. The van der Waals surface area contributed by atoms with E-state index in [2.05, 4.69) is 14.8 Å². The monoisotopic (exact) mass is 269 g/mol. The van der Waals surface area contributed by atoms with E-state index in [1.807, 2.05) is 0 Å². The lowest BCUT2D eigenvalue weighted by Gasteiger charge is -2.32. The van der Waals surface area contributed by atoms with Crippen LogP contribution in [0, 0.1) is 0 Å². The summed E-state index contributed by atoms with van der Waals surface area (Å²) in [5, 5.41) is 10.1. The molecule has 1 aromatic rings. The van der Waals surface area contributed by atoms with E-state index in [9.17, 15) is 0 Å². The lowest BCUT2D eigenvalue weighted by molar-refractivity contribution is 0.0209. The second-order valence-corrected chi connectivity index (χ2v) is 5.90. The summed E-state index contributed by atoms with van der Waals surface area (Å²) >= 11 is 1.60. The van der Waals surface area contributed by atoms with Gasteiger partial charge in [0.2, 0.25) is 0 Å². The Bertz CT molecular complexity index is 392. The van der Waals surface area contributed by atoms with Crippen LogP contribution in [0.4, 0.5) is 5.13 Å². The van der Waals surface area contributed by atoms with E-state index >= 15 is 0 Å². The summed E-state index contributed by atoms with van der Waals surface area (Å²) < 4.78 is 5.40. The molecule has 18 heavy (non-hydrogen) atoms. The summed E-state index contributed by atoms with van der Waals surface area (Å²) in [7, 11) is 0. The molecule has 0 saturated carbocycles. The number of ether oxygens (including phenoxy) is 1. The number of thiazole rings is 1. The molecule has 0 spiro atoms. The molecule has 0 aliphatic carbocycles. The summed E-state index contributed by atoms with van der Waals surface area (Å²) in [6.07, 6.45) is 2.98. The smallest absolute Gasteiger partial charge is 0.185 e. The second-order valence-electron chi connectivity index (χ2n) is 4.80. The fourth-order valence-electron chi connectivity index (χ4n) is 2.67. The topological polar surface area (TPSA) is 48.8 Å². The Morgan fingerprint density at radius 3 is 2.94 bits per heavy atom. The van der Waals surface area contributed by atoms with Crippen molar-refractivity contribution < 1.29 is 9.84 Å². The number of hydrogen-bond donors (Lipinski definition) is 1. The molecule has 2 fully saturated rings. The van der Waals surface area contributed by atoms with E-state index < -0.39 is 0 Å². The molecule has 2 saturated heterocycles. The second kappa shape index (κ2) is 5.52. The zero-order valence-corrected chi connectivity index (χ0v) is 11.2. The number of rotatable bonds is 3. The molecule has 1 atom stereocenters. The Kier molecular flexibility index (Phi) is 3.79. The fraction of sp³-hybridized carbons (Fsp3) is 0.750. The van der Waals surface area contributed by atoms with Crippen molar-refractivity contribution in [3.8, 4) is 0 Å². The highest BCUT2D eigenvalue weighted by atomic mass is 32.1. The molecule has 0 bridgehead atoms. The van der Waals surface area contributed by atoms with Gasteiger partial charge in [-0.1, -0.05) is 11.3 Å². The summed E-state index contributed by atoms with van der Waals surface area (Å²) in [4.78, 5) is 10.2. The molecule has 0 radical (unpaired) electrons. The van der Waals surface area contributed by atoms with Crippen molar-refractivity contribution in [2.45, 2.75) is 19.1 Å². The van der Waals surface area contributed by atoms with E-state index in [4.69, 9.17) is 9.84 Å². The van der Waals surface area contributed by atoms with Crippen molar-refractivity contribution in [2.24, 2.45) is 0 Å². The van der Waals surface area contributed by atoms with Gasteiger partial charge in [-0.25, -0.2) is 4.98 Å². The molecule has 2 aliphatic rings. The average Bonchev–Trinajstić information content (AvgIpc) is 3.08. The van der Waals surface area contributed by atoms with Crippen LogP contribution in [0.5, 0.6) is 0 Å². The number of anilines is 1. The van der Waals surface area contributed by atoms with E-state index in [0.29, 0.717) is 6.04 Å². The van der Waals surface area contributed by atoms with Gasteiger partial charge in [-0.15, -0.1) is 0 Å². The number of aliphatic hydroxyl groups is 1. The third-order valence-corrected chi connectivity index (χ3v) is 4.74. The van der Waals surface area contributed by atoms with Crippen molar-refractivity contribution in [3.05, 3.63) is 11.1 Å². The molecule has 0 amide bonds. The standard InChI is InChI=1S/C12H19N3O2S/c16-9-11-7-13-12(18-11)15-2-1-10(8-15)14-3-5-17-6-4-14/h7,10,16H,1-6,8-9H2. The Hall–Kier alpha value is -0.690. The molecule has 1 aromatic heterocycles. The minimum atomic E-state index is 0.0956. The molecule has 3 heterocycles. The first-order valence-corrected chi connectivity index (χ1v) is 7.31. The molecule has 1 N–H and O–H groups in total. The van der Waals surface area contributed by atoms with Gasteiger partial charge in [0.1, 0.15) is 0 Å². The van der Waals surface area contributed by atoms with Crippen molar-refractivity contribution in [3.63, 3.8) is 0 Å². The maximum absolute atomic E-state index is 9.08. The van der Waals surface area contributed by atoms with Crippen molar-refractivity contribution >= 4 is 16.5 Å². The van der Waals surface area contributed by atoms with Crippen LogP contribution < -0.4 is 4.90 Å². The van der Waals surface area contributed by atoms with Crippen molar-refractivity contribution in [2.75, 3.05) is 44.3 Å². The normalized spacial score (nSPS) is 25.8. The molecule has 100 valence electrons. The summed E-state index contributed by atoms with van der Waals surface area (Å²) in [5.74, 6) is 0. The SMILES string of the molecule is OCc1cnc(N2CCC(N3CCOCC3)C2)s1. The van der Waals surface area contributed by atoms with Crippen LogP contribution in [0.25, 0.3) is 0 Å². The highest BCUT2D eigenvalue weighted by Crippen LogP contribution is 2.27. The minimum absolute atomic E-state index is 0.0956. The quantitative estimate of drug-likeness (QED) is 0.868. The molecule has 0 aromatic carbocycles. The Morgan fingerprint density at radius 1 is 1.39 bits per heavy atom. The predicted octanol–water partition coefficient (Wildman–Crippen LogP) is 0.546. The molecule has 5 nitrogen and oxygen atoms in total. The molecule has 3 rings (SSSR count). The van der Waals surface area contributed by atoms with Gasteiger partial charge in [-0.3, -0.25) is 4.90 Å². The van der Waals surface area contributed by atoms with Gasteiger partial charge < -0.3 is 14.7 Å². The highest BCUT2D eigenvalue weighted by Gasteiger charge is 2.29. The van der Waals surface area contributed by atoms with Crippen LogP contribution in [-0.4, -0.2) is 60.4 Å². The lowest BCUT2D eigenvalue weighted by Crippen LogP contribution is -2.44. The van der Waals surface area contributed by atoms with E-state index in [1.165, 1.54) is 6.42 Å². The van der Waals surface area contributed by atoms with E-state index in [1.54, 1.807) is 17.5 Å². The van der Waals surface area contributed by atoms with Crippen LogP contribution in [0.3, 0.4) is 0 Å². The van der Waals surface area contributed by atoms with Gasteiger partial charge in [0.05, 0.1) is 24.7 Å². The van der Waals surface area contributed by atoms with Gasteiger partial charge in [-0.2, -0.15) is 0 Å². The summed E-state index contributed by atoms with van der Waals surface area (Å²) in [6, 6.07) is 0.635. The summed E-state index contributed by atoms with van der Waals surface area (Å²) in [5.41, 5.74) is 0. The number of nitrogens with zero attached hydrogens (tertiary/aromatic N) is 3. The van der Waals surface area contributed by atoms with Gasteiger partial charge >= 0.3 is 0 Å². The van der Waals surface area contributed by atoms with Crippen molar-refractivity contribution in [1.29, 1.82) is 0 Å². The highest BCUT2D eigenvalue weighted by molar-refractivity contribution is 7.15. The van der Waals surface area contributed by atoms with Crippen LogP contribution in [-0.2, 0) is 11.3 Å². The van der Waals surface area contributed by atoms with Crippen LogP contribution in [0.2, 0.25) is 0 Å². The lowest BCUT2D eigenvalue weighted by atomic mass is 10.2. The van der Waals surface area contributed by atoms with E-state index in [-0.39, 0.29) is 6.61 Å². The molecular weight excluding hydrogens is 250 g/mol. The Balaban J connectivity index is 1.60. The van der Waals surface area contributed by atoms with Crippen molar-refractivity contribution in [1.82, 2.24) is 9.88 Å².